The zero-order valence-electron chi connectivity index (χ0n) is 10.6. The molecule has 0 aliphatic rings. The fraction of sp³-hybridized carbons (Fsp3) is 0.200. The molecular weight excluding hydrogens is 345 g/mol. The molecule has 3 N–H and O–H groups in total. The summed E-state index contributed by atoms with van der Waals surface area (Å²) < 4.78 is 14.4. The Morgan fingerprint density at radius 3 is 2.60 bits per heavy atom. The maximum atomic E-state index is 14.1. The highest BCUT2D eigenvalue weighted by molar-refractivity contribution is 9.10. The molecule has 2 rings (SSSR count). The van der Waals surface area contributed by atoms with E-state index in [4.69, 9.17) is 17.3 Å². The van der Waals surface area contributed by atoms with Gasteiger partial charge in [-0.3, -0.25) is 0 Å². The molecule has 0 saturated carbocycles. The van der Waals surface area contributed by atoms with Crippen molar-refractivity contribution in [2.24, 2.45) is 5.73 Å². The summed E-state index contributed by atoms with van der Waals surface area (Å²) >= 11 is 9.06. The number of nitrogens with two attached hydrogens (primary N) is 1. The predicted octanol–water partition coefficient (Wildman–Crippen LogP) is 4.02. The second-order valence-corrected chi connectivity index (χ2v) is 5.78. The lowest BCUT2D eigenvalue weighted by atomic mass is 9.89. The standard InChI is InChI=1S/C15H14BrClFNO/c16-13-6-2-5-11(14(13)18)15(20)12(8-19)9-3-1-4-10(17)7-9/h1-7,12,15,20H,8,19H2. The van der Waals surface area contributed by atoms with E-state index in [9.17, 15) is 9.50 Å². The molecule has 2 atom stereocenters. The Morgan fingerprint density at radius 2 is 1.95 bits per heavy atom. The second-order valence-electron chi connectivity index (χ2n) is 4.49. The highest BCUT2D eigenvalue weighted by Crippen LogP contribution is 2.34. The largest absolute Gasteiger partial charge is 0.388 e. The number of aliphatic hydroxyl groups is 1. The van der Waals surface area contributed by atoms with Crippen molar-refractivity contribution >= 4 is 27.5 Å². The van der Waals surface area contributed by atoms with E-state index in [-0.39, 0.29) is 12.1 Å². The van der Waals surface area contributed by atoms with Gasteiger partial charge in [-0.25, -0.2) is 4.39 Å². The normalized spacial score (nSPS) is 14.1. The van der Waals surface area contributed by atoms with Gasteiger partial charge in [-0.05, 0) is 39.7 Å². The van der Waals surface area contributed by atoms with Gasteiger partial charge in [0.05, 0.1) is 10.6 Å². The highest BCUT2D eigenvalue weighted by Gasteiger charge is 2.25. The molecule has 2 nitrogen and oxygen atoms in total. The lowest BCUT2D eigenvalue weighted by Gasteiger charge is -2.23. The summed E-state index contributed by atoms with van der Waals surface area (Å²) in [5.41, 5.74) is 6.75. The summed E-state index contributed by atoms with van der Waals surface area (Å²) in [7, 11) is 0. The van der Waals surface area contributed by atoms with Gasteiger partial charge in [-0.1, -0.05) is 35.9 Å². The molecule has 0 aliphatic heterocycles. The van der Waals surface area contributed by atoms with Crippen LogP contribution in [-0.4, -0.2) is 11.7 Å². The lowest BCUT2D eigenvalue weighted by Crippen LogP contribution is -2.21. The van der Waals surface area contributed by atoms with E-state index < -0.39 is 17.8 Å². The number of hydrogen-bond donors (Lipinski definition) is 2. The van der Waals surface area contributed by atoms with Crippen LogP contribution >= 0.6 is 27.5 Å². The van der Waals surface area contributed by atoms with Crippen LogP contribution < -0.4 is 5.73 Å². The highest BCUT2D eigenvalue weighted by atomic mass is 79.9. The topological polar surface area (TPSA) is 46.2 Å². The summed E-state index contributed by atoms with van der Waals surface area (Å²) in [5, 5.41) is 11.0. The van der Waals surface area contributed by atoms with Gasteiger partial charge in [0, 0.05) is 23.0 Å². The Kier molecular flexibility index (Phi) is 5.16. The van der Waals surface area contributed by atoms with Gasteiger partial charge in [0.15, 0.2) is 0 Å². The van der Waals surface area contributed by atoms with Gasteiger partial charge in [0.1, 0.15) is 5.82 Å². The molecule has 0 aromatic heterocycles. The number of halogens is 3. The Balaban J connectivity index is 2.39. The number of hydrogen-bond acceptors (Lipinski definition) is 2. The molecular formula is C15H14BrClFNO. The molecule has 0 spiro atoms. The van der Waals surface area contributed by atoms with Crippen LogP contribution in [0.1, 0.15) is 23.1 Å². The Hall–Kier alpha value is -0.940. The molecule has 2 aromatic rings. The average Bonchev–Trinajstić information content (AvgIpc) is 2.42. The van der Waals surface area contributed by atoms with Gasteiger partial charge in [-0.15, -0.1) is 0 Å². The minimum Gasteiger partial charge on any atom is -0.388 e. The van der Waals surface area contributed by atoms with Gasteiger partial charge in [0.25, 0.3) is 0 Å². The molecule has 0 fully saturated rings. The summed E-state index contributed by atoms with van der Waals surface area (Å²) in [6.45, 7) is 0.188. The first-order valence-corrected chi connectivity index (χ1v) is 7.29. The first kappa shape index (κ1) is 15.4. The van der Waals surface area contributed by atoms with E-state index in [2.05, 4.69) is 15.9 Å². The van der Waals surface area contributed by atoms with Crippen LogP contribution in [0.2, 0.25) is 5.02 Å². The van der Waals surface area contributed by atoms with Gasteiger partial charge in [0.2, 0.25) is 0 Å². The third-order valence-corrected chi connectivity index (χ3v) is 4.06. The van der Waals surface area contributed by atoms with E-state index in [1.165, 1.54) is 0 Å². The quantitative estimate of drug-likeness (QED) is 0.867. The van der Waals surface area contributed by atoms with E-state index in [1.54, 1.807) is 36.4 Å². The molecule has 0 aliphatic carbocycles. The Bertz CT molecular complexity index is 608. The van der Waals surface area contributed by atoms with Gasteiger partial charge >= 0.3 is 0 Å². The zero-order chi connectivity index (χ0) is 14.7. The van der Waals surface area contributed by atoms with Crippen molar-refractivity contribution in [1.29, 1.82) is 0 Å². The monoisotopic (exact) mass is 357 g/mol. The van der Waals surface area contributed by atoms with Gasteiger partial charge in [-0.2, -0.15) is 0 Å². The average molecular weight is 359 g/mol. The van der Waals surface area contributed by atoms with Crippen LogP contribution in [0.25, 0.3) is 0 Å². The van der Waals surface area contributed by atoms with Crippen LogP contribution in [-0.2, 0) is 0 Å². The molecule has 5 heteroatoms. The molecule has 20 heavy (non-hydrogen) atoms. The molecule has 0 heterocycles. The van der Waals surface area contributed by atoms with E-state index in [1.807, 2.05) is 6.07 Å². The first-order valence-electron chi connectivity index (χ1n) is 6.12. The van der Waals surface area contributed by atoms with E-state index >= 15 is 0 Å². The molecule has 2 aromatic carbocycles. The van der Waals surface area contributed by atoms with Crippen LogP contribution in [0.5, 0.6) is 0 Å². The zero-order valence-corrected chi connectivity index (χ0v) is 12.9. The van der Waals surface area contributed by atoms with Crippen molar-refractivity contribution < 1.29 is 9.50 Å². The molecule has 0 saturated heterocycles. The van der Waals surface area contributed by atoms with Crippen molar-refractivity contribution in [2.75, 3.05) is 6.54 Å². The minimum absolute atomic E-state index is 0.188. The molecule has 2 unspecified atom stereocenters. The molecule has 0 amide bonds. The third-order valence-electron chi connectivity index (χ3n) is 3.21. The van der Waals surface area contributed by atoms with Crippen LogP contribution in [0.15, 0.2) is 46.9 Å². The summed E-state index contributed by atoms with van der Waals surface area (Å²) in [6.07, 6.45) is -1.03. The molecule has 106 valence electrons. The van der Waals surface area contributed by atoms with E-state index in [0.717, 1.165) is 5.56 Å². The van der Waals surface area contributed by atoms with Crippen LogP contribution in [0.3, 0.4) is 0 Å². The lowest BCUT2D eigenvalue weighted by molar-refractivity contribution is 0.143. The van der Waals surface area contributed by atoms with Crippen molar-refractivity contribution in [3.8, 4) is 0 Å². The number of rotatable bonds is 4. The fourth-order valence-electron chi connectivity index (χ4n) is 2.15. The van der Waals surface area contributed by atoms with Crippen LogP contribution in [0.4, 0.5) is 4.39 Å². The Labute approximate surface area is 130 Å². The maximum Gasteiger partial charge on any atom is 0.143 e. The van der Waals surface area contributed by atoms with Crippen LogP contribution in [0, 0.1) is 5.82 Å². The van der Waals surface area contributed by atoms with Crippen molar-refractivity contribution in [2.45, 2.75) is 12.0 Å². The SMILES string of the molecule is NCC(c1cccc(Cl)c1)C(O)c1cccc(Br)c1F. The summed E-state index contributed by atoms with van der Waals surface area (Å²) in [6, 6.07) is 11.9. The van der Waals surface area contributed by atoms with Crippen molar-refractivity contribution in [1.82, 2.24) is 0 Å². The van der Waals surface area contributed by atoms with Crippen molar-refractivity contribution in [3.05, 3.63) is 68.9 Å². The second kappa shape index (κ2) is 6.68. The van der Waals surface area contributed by atoms with Crippen molar-refractivity contribution in [3.63, 3.8) is 0 Å². The number of benzene rings is 2. The van der Waals surface area contributed by atoms with E-state index in [0.29, 0.717) is 9.50 Å². The molecule has 0 radical (unpaired) electrons. The number of aliphatic hydroxyl groups excluding tert-OH is 1. The minimum atomic E-state index is -1.03. The smallest absolute Gasteiger partial charge is 0.143 e. The fourth-order valence-corrected chi connectivity index (χ4v) is 2.73. The Morgan fingerprint density at radius 1 is 1.25 bits per heavy atom. The first-order chi connectivity index (χ1) is 9.54. The predicted molar refractivity (Wildman–Crippen MR) is 82.3 cm³/mol. The summed E-state index contributed by atoms with van der Waals surface area (Å²) in [5.74, 6) is -0.891. The summed E-state index contributed by atoms with van der Waals surface area (Å²) in [4.78, 5) is 0. The molecule has 0 bridgehead atoms. The maximum absolute atomic E-state index is 14.1. The van der Waals surface area contributed by atoms with Gasteiger partial charge < -0.3 is 10.8 Å². The third kappa shape index (κ3) is 3.20.